The summed E-state index contributed by atoms with van der Waals surface area (Å²) in [6.07, 6.45) is -0.138. The van der Waals surface area contributed by atoms with Gasteiger partial charge in [0.2, 0.25) is 5.91 Å². The number of amides is 1. The van der Waals surface area contributed by atoms with Crippen molar-refractivity contribution in [1.82, 2.24) is 0 Å². The molecule has 110 valence electrons. The molecular weight excluding hydrogens is 263 g/mol. The molecule has 0 saturated carbocycles. The quantitative estimate of drug-likeness (QED) is 0.772. The van der Waals surface area contributed by atoms with Crippen LogP contribution in [-0.4, -0.2) is 23.0 Å². The standard InChI is InChI=1S/C14H19FN2O3/c1-14(2,3)11(7-12(18)19)17-10-5-4-8(13(16)20)6-9(10)15/h4-6,11,17H,7H2,1-3H3,(H2,16,20)(H,18,19). The molecule has 0 aliphatic rings. The summed E-state index contributed by atoms with van der Waals surface area (Å²) in [5, 5.41) is 11.8. The average Bonchev–Trinajstić information content (AvgIpc) is 2.28. The fourth-order valence-corrected chi connectivity index (χ4v) is 1.72. The number of hydrogen-bond acceptors (Lipinski definition) is 3. The van der Waals surface area contributed by atoms with Gasteiger partial charge in [0, 0.05) is 11.6 Å². The Balaban J connectivity index is 3.00. The lowest BCUT2D eigenvalue weighted by Crippen LogP contribution is -2.36. The number of nitrogens with one attached hydrogen (secondary N) is 1. The Morgan fingerprint density at radius 1 is 1.40 bits per heavy atom. The summed E-state index contributed by atoms with van der Waals surface area (Å²) in [7, 11) is 0. The molecule has 0 bridgehead atoms. The van der Waals surface area contributed by atoms with E-state index in [-0.39, 0.29) is 23.1 Å². The predicted molar refractivity (Wildman–Crippen MR) is 74.0 cm³/mol. The van der Waals surface area contributed by atoms with Gasteiger partial charge in [-0.3, -0.25) is 9.59 Å². The van der Waals surface area contributed by atoms with E-state index in [0.29, 0.717) is 0 Å². The minimum absolute atomic E-state index is 0.0681. The molecular formula is C14H19FN2O3. The van der Waals surface area contributed by atoms with Gasteiger partial charge in [0.25, 0.3) is 0 Å². The Morgan fingerprint density at radius 3 is 2.40 bits per heavy atom. The molecule has 0 saturated heterocycles. The second kappa shape index (κ2) is 5.90. The van der Waals surface area contributed by atoms with Crippen molar-refractivity contribution in [3.05, 3.63) is 29.6 Å². The van der Waals surface area contributed by atoms with E-state index in [1.54, 1.807) is 0 Å². The van der Waals surface area contributed by atoms with Gasteiger partial charge in [-0.1, -0.05) is 20.8 Å². The van der Waals surface area contributed by atoms with Gasteiger partial charge < -0.3 is 16.2 Å². The number of primary amides is 1. The first-order chi connectivity index (χ1) is 9.11. The zero-order valence-electron chi connectivity index (χ0n) is 11.7. The zero-order chi connectivity index (χ0) is 15.5. The lowest BCUT2D eigenvalue weighted by molar-refractivity contribution is -0.137. The van der Waals surface area contributed by atoms with E-state index in [1.165, 1.54) is 12.1 Å². The van der Waals surface area contributed by atoms with Crippen molar-refractivity contribution in [2.45, 2.75) is 33.2 Å². The van der Waals surface area contributed by atoms with Crippen LogP contribution in [0.3, 0.4) is 0 Å². The number of carboxylic acids is 1. The molecule has 1 aromatic rings. The van der Waals surface area contributed by atoms with Gasteiger partial charge in [0.1, 0.15) is 5.82 Å². The molecule has 1 aromatic carbocycles. The van der Waals surface area contributed by atoms with Crippen LogP contribution in [0.4, 0.5) is 10.1 Å². The van der Waals surface area contributed by atoms with Gasteiger partial charge in [-0.15, -0.1) is 0 Å². The van der Waals surface area contributed by atoms with E-state index < -0.39 is 23.7 Å². The monoisotopic (exact) mass is 282 g/mol. The minimum Gasteiger partial charge on any atom is -0.481 e. The first-order valence-corrected chi connectivity index (χ1v) is 6.19. The summed E-state index contributed by atoms with van der Waals surface area (Å²) in [5.74, 6) is -2.32. The van der Waals surface area contributed by atoms with Crippen LogP contribution in [0.25, 0.3) is 0 Å². The van der Waals surface area contributed by atoms with Gasteiger partial charge in [0.05, 0.1) is 12.1 Å². The summed E-state index contributed by atoms with van der Waals surface area (Å²) < 4.78 is 13.9. The van der Waals surface area contributed by atoms with Crippen LogP contribution in [0.1, 0.15) is 37.6 Å². The number of nitrogens with two attached hydrogens (primary N) is 1. The highest BCUT2D eigenvalue weighted by Gasteiger charge is 2.27. The molecule has 1 rings (SSSR count). The Morgan fingerprint density at radius 2 is 2.00 bits per heavy atom. The second-order valence-electron chi connectivity index (χ2n) is 5.72. The van der Waals surface area contributed by atoms with Crippen molar-refractivity contribution in [2.75, 3.05) is 5.32 Å². The van der Waals surface area contributed by atoms with E-state index in [2.05, 4.69) is 5.32 Å². The number of carbonyl (C=O) groups excluding carboxylic acids is 1. The van der Waals surface area contributed by atoms with Crippen LogP contribution in [0, 0.1) is 11.2 Å². The summed E-state index contributed by atoms with van der Waals surface area (Å²) in [6, 6.07) is 3.36. The Hall–Kier alpha value is -2.11. The summed E-state index contributed by atoms with van der Waals surface area (Å²) >= 11 is 0. The normalized spacial score (nSPS) is 12.8. The number of anilines is 1. The number of carbonyl (C=O) groups is 2. The van der Waals surface area contributed by atoms with Crippen molar-refractivity contribution in [2.24, 2.45) is 11.1 Å². The molecule has 1 amide bonds. The predicted octanol–water partition coefficient (Wildman–Crippen LogP) is 2.23. The number of aliphatic carboxylic acids is 1. The molecule has 0 aliphatic heterocycles. The van der Waals surface area contributed by atoms with Gasteiger partial charge in [-0.2, -0.15) is 0 Å². The summed E-state index contributed by atoms with van der Waals surface area (Å²) in [6.45, 7) is 5.59. The third kappa shape index (κ3) is 4.22. The SMILES string of the molecule is CC(C)(C)C(CC(=O)O)Nc1ccc(C(N)=O)cc1F. The lowest BCUT2D eigenvalue weighted by atomic mass is 9.84. The summed E-state index contributed by atoms with van der Waals surface area (Å²) in [5.41, 5.74) is 4.91. The molecule has 1 atom stereocenters. The van der Waals surface area contributed by atoms with Crippen molar-refractivity contribution >= 4 is 17.6 Å². The largest absolute Gasteiger partial charge is 0.481 e. The van der Waals surface area contributed by atoms with Crippen molar-refractivity contribution in [3.8, 4) is 0 Å². The molecule has 0 radical (unpaired) electrons. The minimum atomic E-state index is -0.966. The molecule has 0 fully saturated rings. The second-order valence-corrected chi connectivity index (χ2v) is 5.72. The molecule has 5 nitrogen and oxygen atoms in total. The lowest BCUT2D eigenvalue weighted by Gasteiger charge is -2.31. The van der Waals surface area contributed by atoms with E-state index in [1.807, 2.05) is 20.8 Å². The third-order valence-electron chi connectivity index (χ3n) is 3.01. The molecule has 0 aliphatic carbocycles. The maximum atomic E-state index is 13.9. The smallest absolute Gasteiger partial charge is 0.305 e. The molecule has 6 heteroatoms. The highest BCUT2D eigenvalue weighted by molar-refractivity contribution is 5.93. The van der Waals surface area contributed by atoms with Crippen molar-refractivity contribution in [1.29, 1.82) is 0 Å². The zero-order valence-corrected chi connectivity index (χ0v) is 11.7. The van der Waals surface area contributed by atoms with Crippen LogP contribution in [0.2, 0.25) is 0 Å². The fraction of sp³-hybridized carbons (Fsp3) is 0.429. The molecule has 1 unspecified atom stereocenters. The Bertz CT molecular complexity index is 524. The number of benzene rings is 1. The highest BCUT2D eigenvalue weighted by Crippen LogP contribution is 2.27. The van der Waals surface area contributed by atoms with E-state index in [4.69, 9.17) is 10.8 Å². The Kier molecular flexibility index (Phi) is 4.70. The van der Waals surface area contributed by atoms with E-state index in [9.17, 15) is 14.0 Å². The van der Waals surface area contributed by atoms with Crippen LogP contribution in [0.5, 0.6) is 0 Å². The first kappa shape index (κ1) is 15.9. The molecule has 20 heavy (non-hydrogen) atoms. The molecule has 0 spiro atoms. The average molecular weight is 282 g/mol. The van der Waals surface area contributed by atoms with Crippen LogP contribution >= 0.6 is 0 Å². The number of carboxylic acid groups (broad SMARTS) is 1. The van der Waals surface area contributed by atoms with E-state index in [0.717, 1.165) is 6.07 Å². The number of rotatable bonds is 5. The van der Waals surface area contributed by atoms with Gasteiger partial charge in [0.15, 0.2) is 0 Å². The summed E-state index contributed by atoms with van der Waals surface area (Å²) in [4.78, 5) is 21.8. The third-order valence-corrected chi connectivity index (χ3v) is 3.01. The molecule has 0 aromatic heterocycles. The van der Waals surface area contributed by atoms with E-state index >= 15 is 0 Å². The number of halogens is 1. The van der Waals surface area contributed by atoms with Crippen molar-refractivity contribution < 1.29 is 19.1 Å². The van der Waals surface area contributed by atoms with Crippen LogP contribution in [-0.2, 0) is 4.79 Å². The molecule has 0 heterocycles. The Labute approximate surface area is 117 Å². The van der Waals surface area contributed by atoms with Crippen molar-refractivity contribution in [3.63, 3.8) is 0 Å². The maximum Gasteiger partial charge on any atom is 0.305 e. The first-order valence-electron chi connectivity index (χ1n) is 6.19. The van der Waals surface area contributed by atoms with Gasteiger partial charge >= 0.3 is 5.97 Å². The number of hydrogen-bond donors (Lipinski definition) is 3. The van der Waals surface area contributed by atoms with Gasteiger partial charge in [-0.05, 0) is 23.6 Å². The molecule has 4 N–H and O–H groups in total. The fourth-order valence-electron chi connectivity index (χ4n) is 1.72. The van der Waals surface area contributed by atoms with Gasteiger partial charge in [-0.25, -0.2) is 4.39 Å². The topological polar surface area (TPSA) is 92.4 Å². The highest BCUT2D eigenvalue weighted by atomic mass is 19.1. The maximum absolute atomic E-state index is 13.9. The van der Waals surface area contributed by atoms with Crippen LogP contribution in [0.15, 0.2) is 18.2 Å². The van der Waals surface area contributed by atoms with Crippen LogP contribution < -0.4 is 11.1 Å².